The van der Waals surface area contributed by atoms with E-state index < -0.39 is 16.9 Å². The third kappa shape index (κ3) is 3.42. The normalized spacial score (nSPS) is 15.8. The van der Waals surface area contributed by atoms with Crippen molar-refractivity contribution in [2.45, 2.75) is 16.9 Å². The van der Waals surface area contributed by atoms with Crippen LogP contribution in [0.25, 0.3) is 0 Å². The molecule has 0 aliphatic carbocycles. The molecule has 0 amide bonds. The summed E-state index contributed by atoms with van der Waals surface area (Å²) >= 11 is 61.5. The van der Waals surface area contributed by atoms with Crippen molar-refractivity contribution in [3.8, 4) is 0 Å². The molecule has 12 heteroatoms. The fourth-order valence-corrected chi connectivity index (χ4v) is 2.82. The molecular weight excluding hydrogens is 452 g/mol. The summed E-state index contributed by atoms with van der Waals surface area (Å²) in [7, 11) is 0. The van der Waals surface area contributed by atoms with Crippen molar-refractivity contribution in [2.24, 2.45) is 0 Å². The Labute approximate surface area is 147 Å². The minimum absolute atomic E-state index is 0.214. The second kappa shape index (κ2) is 5.87. The van der Waals surface area contributed by atoms with Crippen molar-refractivity contribution in [3.05, 3.63) is 0 Å². The van der Waals surface area contributed by atoms with Crippen LogP contribution >= 0.6 is 128 Å². The molecule has 0 radical (unpaired) electrons. The van der Waals surface area contributed by atoms with Gasteiger partial charge in [0.1, 0.15) is 0 Å². The highest BCUT2D eigenvalue weighted by atomic mass is 35.6. The summed E-state index contributed by atoms with van der Waals surface area (Å²) in [6, 6.07) is 0. The number of rotatable bonds is 3. The SMILES string of the molecule is ClN(Cl)C(Cl)(Cl)C(Cl)(Cl)C(Cl)(Cl)C(Cl)(Cl)Cl. The van der Waals surface area contributed by atoms with Gasteiger partial charge in [0.25, 0.3) is 0 Å². The first kappa shape index (κ1) is 19.1. The van der Waals surface area contributed by atoms with Crippen LogP contribution in [0.5, 0.6) is 0 Å². The highest BCUT2D eigenvalue weighted by molar-refractivity contribution is 6.80. The highest BCUT2D eigenvalue weighted by Gasteiger charge is 2.70. The smallest absolute Gasteiger partial charge is 0.0933 e. The van der Waals surface area contributed by atoms with E-state index in [-0.39, 0.29) is 3.94 Å². The Morgan fingerprint density at radius 2 is 0.875 bits per heavy atom. The molecular formula is C4Cl11N. The molecule has 0 fully saturated rings. The van der Waals surface area contributed by atoms with Crippen molar-refractivity contribution in [3.63, 3.8) is 0 Å². The van der Waals surface area contributed by atoms with Gasteiger partial charge in [-0.25, -0.2) is 0 Å². The molecule has 0 N–H and O–H groups in total. The molecule has 0 aliphatic heterocycles. The predicted molar refractivity (Wildman–Crippen MR) is 77.1 cm³/mol. The molecule has 0 rings (SSSR count). The van der Waals surface area contributed by atoms with E-state index in [4.69, 9.17) is 128 Å². The van der Waals surface area contributed by atoms with Crippen molar-refractivity contribution < 1.29 is 0 Å². The minimum atomic E-state index is -2.43. The van der Waals surface area contributed by atoms with Gasteiger partial charge in [-0.15, -0.1) is 0 Å². The summed E-state index contributed by atoms with van der Waals surface area (Å²) in [5, 5.41) is 0. The molecule has 0 bridgehead atoms. The molecule has 0 saturated heterocycles. The number of nitrogens with zero attached hydrogens (tertiary/aromatic N) is 1. The molecule has 0 unspecified atom stereocenters. The average Bonchev–Trinajstić information content (AvgIpc) is 2.00. The van der Waals surface area contributed by atoms with Gasteiger partial charge in [0.15, 0.2) is 0 Å². The van der Waals surface area contributed by atoms with E-state index in [0.29, 0.717) is 0 Å². The predicted octanol–water partition coefficient (Wildman–Crippen LogP) is 6.45. The first-order valence-corrected chi connectivity index (χ1v) is 7.09. The number of alkyl halides is 9. The number of halogens is 11. The summed E-state index contributed by atoms with van der Waals surface area (Å²) < 4.78 is -9.27. The van der Waals surface area contributed by atoms with E-state index >= 15 is 0 Å². The van der Waals surface area contributed by atoms with E-state index in [9.17, 15) is 0 Å². The largest absolute Gasteiger partial charge is 0.234 e. The molecule has 0 saturated carbocycles. The summed E-state index contributed by atoms with van der Waals surface area (Å²) in [4.78, 5) is 0. The van der Waals surface area contributed by atoms with Crippen molar-refractivity contribution in [1.29, 1.82) is 0 Å². The topological polar surface area (TPSA) is 3.24 Å². The van der Waals surface area contributed by atoms with Crippen LogP contribution in [0.4, 0.5) is 0 Å². The Bertz CT molecular complexity index is 251. The summed E-state index contributed by atoms with van der Waals surface area (Å²) in [5.41, 5.74) is 0. The molecule has 0 aromatic heterocycles. The van der Waals surface area contributed by atoms with Crippen LogP contribution < -0.4 is 0 Å². The number of hydrogen-bond acceptors (Lipinski definition) is 1. The Kier molecular flexibility index (Phi) is 7.03. The molecule has 0 atom stereocenters. The van der Waals surface area contributed by atoms with Crippen LogP contribution in [0, 0.1) is 0 Å². The van der Waals surface area contributed by atoms with Crippen LogP contribution in [0.2, 0.25) is 0 Å². The lowest BCUT2D eigenvalue weighted by atomic mass is 10.3. The minimum Gasteiger partial charge on any atom is -0.0933 e. The van der Waals surface area contributed by atoms with Gasteiger partial charge in [-0.2, -0.15) is 0 Å². The molecule has 0 aliphatic rings. The molecule has 0 heterocycles. The highest BCUT2D eigenvalue weighted by Crippen LogP contribution is 2.63. The van der Waals surface area contributed by atoms with Gasteiger partial charge in [-0.3, -0.25) is 0 Å². The van der Waals surface area contributed by atoms with Crippen molar-refractivity contribution in [1.82, 2.24) is 3.94 Å². The van der Waals surface area contributed by atoms with Crippen molar-refractivity contribution in [2.75, 3.05) is 0 Å². The molecule has 98 valence electrons. The van der Waals surface area contributed by atoms with Gasteiger partial charge in [0, 0.05) is 0 Å². The standard InChI is InChI=1S/C4Cl11N/c5-1(6,3(9,10)11)2(7,8)4(12,13)16(14)15. The summed E-state index contributed by atoms with van der Waals surface area (Å²) in [6.45, 7) is 0. The maximum atomic E-state index is 5.77. The van der Waals surface area contributed by atoms with Gasteiger partial charge < -0.3 is 0 Å². The Morgan fingerprint density at radius 1 is 0.562 bits per heavy atom. The van der Waals surface area contributed by atoms with E-state index in [2.05, 4.69) is 0 Å². The Hall–Kier alpha value is 3.15. The summed E-state index contributed by atoms with van der Waals surface area (Å²) in [5.74, 6) is 0. The monoisotopic (exact) mass is 447 g/mol. The molecule has 16 heavy (non-hydrogen) atoms. The molecule has 0 spiro atoms. The fraction of sp³-hybridized carbons (Fsp3) is 1.00. The Morgan fingerprint density at radius 3 is 1.06 bits per heavy atom. The van der Waals surface area contributed by atoms with Gasteiger partial charge in [0.05, 0.1) is 0 Å². The average molecular weight is 452 g/mol. The van der Waals surface area contributed by atoms with Crippen LogP contribution in [-0.4, -0.2) is 20.9 Å². The van der Waals surface area contributed by atoms with Crippen LogP contribution in [0.1, 0.15) is 0 Å². The number of hydrogen-bond donors (Lipinski definition) is 0. The molecule has 0 aromatic carbocycles. The second-order valence-corrected chi connectivity index (χ2v) is 9.49. The van der Waals surface area contributed by atoms with Gasteiger partial charge in [-0.1, -0.05) is 108 Å². The summed E-state index contributed by atoms with van der Waals surface area (Å²) in [6.07, 6.45) is 0. The maximum Gasteiger partial charge on any atom is 0.234 e. The lowest BCUT2D eigenvalue weighted by Crippen LogP contribution is -2.59. The quantitative estimate of drug-likeness (QED) is 0.271. The van der Waals surface area contributed by atoms with Gasteiger partial charge in [0.2, 0.25) is 16.9 Å². The maximum absolute atomic E-state index is 5.77. The second-order valence-electron chi connectivity index (χ2n) is 2.42. The zero-order chi connectivity index (χ0) is 13.6. The van der Waals surface area contributed by atoms with E-state index in [1.807, 2.05) is 0 Å². The molecule has 1 nitrogen and oxygen atoms in total. The van der Waals surface area contributed by atoms with E-state index in [1.165, 1.54) is 0 Å². The van der Waals surface area contributed by atoms with Crippen LogP contribution in [0.3, 0.4) is 0 Å². The van der Waals surface area contributed by atoms with Gasteiger partial charge >= 0.3 is 0 Å². The van der Waals surface area contributed by atoms with E-state index in [1.54, 1.807) is 0 Å². The third-order valence-electron chi connectivity index (χ3n) is 1.34. The van der Waals surface area contributed by atoms with Crippen LogP contribution in [0.15, 0.2) is 0 Å². The van der Waals surface area contributed by atoms with E-state index in [0.717, 1.165) is 0 Å². The first-order chi connectivity index (χ1) is 6.69. The zero-order valence-electron chi connectivity index (χ0n) is 6.60. The lowest BCUT2D eigenvalue weighted by Gasteiger charge is -2.44. The molecule has 0 aromatic rings. The zero-order valence-corrected chi connectivity index (χ0v) is 14.9. The van der Waals surface area contributed by atoms with Crippen molar-refractivity contribution >= 4 is 128 Å². The Balaban J connectivity index is 5.53. The third-order valence-corrected chi connectivity index (χ3v) is 7.55. The van der Waals surface area contributed by atoms with Crippen LogP contribution in [-0.2, 0) is 0 Å². The lowest BCUT2D eigenvalue weighted by molar-refractivity contribution is 0.470. The first-order valence-electron chi connectivity index (χ1n) is 3.01. The fourth-order valence-electron chi connectivity index (χ4n) is 0.473. The van der Waals surface area contributed by atoms with Gasteiger partial charge in [-0.05, 0) is 23.6 Å².